The van der Waals surface area contributed by atoms with E-state index >= 15 is 0 Å². The maximum atomic E-state index is 13.5. The molecule has 0 spiro atoms. The molecule has 1 saturated heterocycles. The molecule has 0 aromatic heterocycles. The fourth-order valence-corrected chi connectivity index (χ4v) is 2.81. The number of hydrogen-bond donors (Lipinski definition) is 1. The van der Waals surface area contributed by atoms with Gasteiger partial charge in [0.05, 0.1) is 0 Å². The summed E-state index contributed by atoms with van der Waals surface area (Å²) in [5, 5.41) is 3.36. The van der Waals surface area contributed by atoms with Crippen LogP contribution in [0, 0.1) is 11.6 Å². The van der Waals surface area contributed by atoms with Crippen molar-refractivity contribution in [3.8, 4) is 0 Å². The van der Waals surface area contributed by atoms with Gasteiger partial charge in [0.15, 0.2) is 0 Å². The first kappa shape index (κ1) is 15.4. The predicted molar refractivity (Wildman–Crippen MR) is 77.8 cm³/mol. The van der Waals surface area contributed by atoms with Crippen molar-refractivity contribution < 1.29 is 8.78 Å². The zero-order valence-electron chi connectivity index (χ0n) is 12.2. The first-order valence-corrected chi connectivity index (χ1v) is 7.55. The fourth-order valence-electron chi connectivity index (χ4n) is 2.81. The second-order valence-electron chi connectivity index (χ2n) is 5.67. The molecule has 1 fully saturated rings. The Labute approximate surface area is 120 Å². The molecule has 4 heteroatoms. The Bertz CT molecular complexity index is 397. The number of rotatable bonds is 6. The van der Waals surface area contributed by atoms with Crippen molar-refractivity contribution in [1.82, 2.24) is 10.2 Å². The van der Waals surface area contributed by atoms with Crippen molar-refractivity contribution in [2.24, 2.45) is 0 Å². The average Bonchev–Trinajstić information content (AvgIpc) is 2.43. The number of halogens is 2. The molecule has 0 bridgehead atoms. The summed E-state index contributed by atoms with van der Waals surface area (Å²) in [6, 6.07) is 4.38. The minimum absolute atomic E-state index is 0.185. The maximum Gasteiger partial charge on any atom is 0.129 e. The molecular formula is C16H24F2N2. The standard InChI is InChI=1S/C16H24F2N2/c1-13(12-20-10-3-2-4-11-20)19-9-8-14-15(17)6-5-7-16(14)18/h5-7,13,19H,2-4,8-12H2,1H3. The predicted octanol–water partition coefficient (Wildman–Crippen LogP) is 2.97. The molecule has 1 aliphatic heterocycles. The highest BCUT2D eigenvalue weighted by Crippen LogP contribution is 2.12. The van der Waals surface area contributed by atoms with Gasteiger partial charge in [0.1, 0.15) is 11.6 Å². The van der Waals surface area contributed by atoms with Crippen LogP contribution in [0.2, 0.25) is 0 Å². The molecule has 0 aliphatic carbocycles. The normalized spacial score (nSPS) is 18.1. The Hall–Kier alpha value is -1.00. The molecule has 2 nitrogen and oxygen atoms in total. The quantitative estimate of drug-likeness (QED) is 0.863. The summed E-state index contributed by atoms with van der Waals surface area (Å²) in [7, 11) is 0. The van der Waals surface area contributed by atoms with Gasteiger partial charge >= 0.3 is 0 Å². The molecule has 1 aliphatic rings. The minimum Gasteiger partial charge on any atom is -0.313 e. The van der Waals surface area contributed by atoms with Crippen molar-refractivity contribution in [2.75, 3.05) is 26.2 Å². The minimum atomic E-state index is -0.449. The molecule has 20 heavy (non-hydrogen) atoms. The number of hydrogen-bond acceptors (Lipinski definition) is 2. The van der Waals surface area contributed by atoms with Crippen LogP contribution in [0.25, 0.3) is 0 Å². The highest BCUT2D eigenvalue weighted by molar-refractivity contribution is 5.19. The number of likely N-dealkylation sites (tertiary alicyclic amines) is 1. The lowest BCUT2D eigenvalue weighted by Crippen LogP contribution is -2.42. The van der Waals surface area contributed by atoms with Gasteiger partial charge in [-0.3, -0.25) is 0 Å². The van der Waals surface area contributed by atoms with Crippen LogP contribution >= 0.6 is 0 Å². The van der Waals surface area contributed by atoms with E-state index in [0.29, 0.717) is 19.0 Å². The van der Waals surface area contributed by atoms with E-state index < -0.39 is 11.6 Å². The summed E-state index contributed by atoms with van der Waals surface area (Å²) in [6.45, 7) is 6.10. The van der Waals surface area contributed by atoms with Gasteiger partial charge < -0.3 is 10.2 Å². The van der Waals surface area contributed by atoms with Gasteiger partial charge in [-0.2, -0.15) is 0 Å². The van der Waals surface area contributed by atoms with E-state index in [-0.39, 0.29) is 5.56 Å². The van der Waals surface area contributed by atoms with Crippen LogP contribution in [0.3, 0.4) is 0 Å². The van der Waals surface area contributed by atoms with Crippen LogP contribution in [0.15, 0.2) is 18.2 Å². The highest BCUT2D eigenvalue weighted by Gasteiger charge is 2.13. The van der Waals surface area contributed by atoms with Crippen LogP contribution in [0.5, 0.6) is 0 Å². The molecule has 2 rings (SSSR count). The van der Waals surface area contributed by atoms with Crippen molar-refractivity contribution in [3.05, 3.63) is 35.4 Å². The third-order valence-corrected chi connectivity index (χ3v) is 3.91. The Morgan fingerprint density at radius 1 is 1.15 bits per heavy atom. The summed E-state index contributed by atoms with van der Waals surface area (Å²) >= 11 is 0. The molecule has 0 saturated carbocycles. The molecule has 1 unspecified atom stereocenters. The van der Waals surface area contributed by atoms with Crippen molar-refractivity contribution in [3.63, 3.8) is 0 Å². The Balaban J connectivity index is 1.72. The summed E-state index contributed by atoms with van der Waals surface area (Å²) in [4.78, 5) is 2.46. The topological polar surface area (TPSA) is 15.3 Å². The van der Waals surface area contributed by atoms with Crippen LogP contribution in [0.1, 0.15) is 31.7 Å². The monoisotopic (exact) mass is 282 g/mol. The summed E-state index contributed by atoms with van der Waals surface area (Å²) < 4.78 is 26.9. The second-order valence-corrected chi connectivity index (χ2v) is 5.67. The average molecular weight is 282 g/mol. The van der Waals surface area contributed by atoms with Gasteiger partial charge in [0.25, 0.3) is 0 Å². The van der Waals surface area contributed by atoms with Gasteiger partial charge in [0.2, 0.25) is 0 Å². The SMILES string of the molecule is CC(CN1CCCCC1)NCCc1c(F)cccc1F. The van der Waals surface area contributed by atoms with E-state index in [1.807, 2.05) is 0 Å². The van der Waals surface area contributed by atoms with E-state index in [0.717, 1.165) is 6.54 Å². The lowest BCUT2D eigenvalue weighted by molar-refractivity contribution is 0.209. The van der Waals surface area contributed by atoms with Gasteiger partial charge in [-0.25, -0.2) is 8.78 Å². The maximum absolute atomic E-state index is 13.5. The zero-order chi connectivity index (χ0) is 14.4. The van der Waals surface area contributed by atoms with Crippen molar-refractivity contribution in [1.29, 1.82) is 0 Å². The molecule has 112 valence electrons. The first-order chi connectivity index (χ1) is 9.66. The number of nitrogens with one attached hydrogen (secondary N) is 1. The van der Waals surface area contributed by atoms with Gasteiger partial charge in [-0.05, 0) is 58.0 Å². The molecule has 1 heterocycles. The molecule has 1 N–H and O–H groups in total. The van der Waals surface area contributed by atoms with Crippen LogP contribution < -0.4 is 5.32 Å². The van der Waals surface area contributed by atoms with Gasteiger partial charge in [-0.1, -0.05) is 12.5 Å². The molecule has 1 aromatic rings. The molecule has 0 amide bonds. The summed E-state index contributed by atoms with van der Waals surface area (Å²) in [6.07, 6.45) is 4.30. The Morgan fingerprint density at radius 2 is 1.80 bits per heavy atom. The lowest BCUT2D eigenvalue weighted by Gasteiger charge is -2.29. The van der Waals surface area contributed by atoms with Crippen molar-refractivity contribution in [2.45, 2.75) is 38.6 Å². The number of nitrogens with zero attached hydrogens (tertiary/aromatic N) is 1. The van der Waals surface area contributed by atoms with E-state index in [2.05, 4.69) is 17.1 Å². The fraction of sp³-hybridized carbons (Fsp3) is 0.625. The Morgan fingerprint density at radius 3 is 2.45 bits per heavy atom. The zero-order valence-corrected chi connectivity index (χ0v) is 12.2. The van der Waals surface area contributed by atoms with Crippen molar-refractivity contribution >= 4 is 0 Å². The Kier molecular flexibility index (Phi) is 5.92. The van der Waals surface area contributed by atoms with Gasteiger partial charge in [0, 0.05) is 18.2 Å². The molecular weight excluding hydrogens is 258 g/mol. The van der Waals surface area contributed by atoms with Gasteiger partial charge in [-0.15, -0.1) is 0 Å². The third kappa shape index (κ3) is 4.53. The van der Waals surface area contributed by atoms with Crippen LogP contribution in [-0.4, -0.2) is 37.1 Å². The van der Waals surface area contributed by atoms with E-state index in [9.17, 15) is 8.78 Å². The molecule has 1 aromatic carbocycles. The smallest absolute Gasteiger partial charge is 0.129 e. The van der Waals surface area contributed by atoms with E-state index in [1.54, 1.807) is 0 Å². The first-order valence-electron chi connectivity index (χ1n) is 7.55. The highest BCUT2D eigenvalue weighted by atomic mass is 19.1. The third-order valence-electron chi connectivity index (χ3n) is 3.91. The van der Waals surface area contributed by atoms with Crippen LogP contribution in [-0.2, 0) is 6.42 Å². The summed E-state index contributed by atoms with van der Waals surface area (Å²) in [5.74, 6) is -0.897. The number of piperidine rings is 1. The molecule has 0 radical (unpaired) electrons. The second kappa shape index (κ2) is 7.70. The van der Waals surface area contributed by atoms with E-state index in [4.69, 9.17) is 0 Å². The largest absolute Gasteiger partial charge is 0.313 e. The summed E-state index contributed by atoms with van der Waals surface area (Å²) in [5.41, 5.74) is 0.185. The molecule has 1 atom stereocenters. The lowest BCUT2D eigenvalue weighted by atomic mass is 10.1. The van der Waals surface area contributed by atoms with Crippen LogP contribution in [0.4, 0.5) is 8.78 Å². The number of benzene rings is 1. The van der Waals surface area contributed by atoms with E-state index in [1.165, 1.54) is 50.6 Å².